The quantitative estimate of drug-likeness (QED) is 0.845. The lowest BCUT2D eigenvalue weighted by Crippen LogP contribution is -2.38. The number of likely N-dealkylation sites (tertiary alicyclic amines) is 2. The van der Waals surface area contributed by atoms with E-state index in [0.29, 0.717) is 17.4 Å². The molecular formula is C20H30N4O3. The third kappa shape index (κ3) is 5.60. The number of amides is 3. The average Bonchev–Trinajstić information content (AvgIpc) is 3.26. The number of benzene rings is 1. The van der Waals surface area contributed by atoms with Crippen LogP contribution in [0.15, 0.2) is 24.3 Å². The SMILES string of the molecule is CC(C)(C)OC(=O)Nc1ccc(NC(=O)N2CCC(N3CCCC3)C2)cc1. The van der Waals surface area contributed by atoms with Crippen LogP contribution in [0.1, 0.15) is 40.0 Å². The van der Waals surface area contributed by atoms with Crippen molar-refractivity contribution in [1.82, 2.24) is 9.80 Å². The topological polar surface area (TPSA) is 73.9 Å². The van der Waals surface area contributed by atoms with Gasteiger partial charge >= 0.3 is 12.1 Å². The van der Waals surface area contributed by atoms with E-state index in [-0.39, 0.29) is 6.03 Å². The summed E-state index contributed by atoms with van der Waals surface area (Å²) >= 11 is 0. The van der Waals surface area contributed by atoms with Gasteiger partial charge in [-0.1, -0.05) is 0 Å². The van der Waals surface area contributed by atoms with E-state index in [1.807, 2.05) is 25.7 Å². The van der Waals surface area contributed by atoms with Gasteiger partial charge < -0.3 is 15.0 Å². The van der Waals surface area contributed by atoms with Gasteiger partial charge in [-0.05, 0) is 77.4 Å². The number of ether oxygens (including phenoxy) is 1. The number of hydrogen-bond donors (Lipinski definition) is 2. The highest BCUT2D eigenvalue weighted by Gasteiger charge is 2.31. The van der Waals surface area contributed by atoms with E-state index >= 15 is 0 Å². The number of nitrogens with zero attached hydrogens (tertiary/aromatic N) is 2. The van der Waals surface area contributed by atoms with Crippen LogP contribution in [0.25, 0.3) is 0 Å². The van der Waals surface area contributed by atoms with Crippen LogP contribution in [-0.4, -0.2) is 59.7 Å². The van der Waals surface area contributed by atoms with Crippen molar-refractivity contribution in [3.8, 4) is 0 Å². The minimum atomic E-state index is -0.541. The number of carbonyl (C=O) groups is 2. The number of rotatable bonds is 3. The van der Waals surface area contributed by atoms with Gasteiger partial charge in [0.2, 0.25) is 0 Å². The molecule has 7 heteroatoms. The molecule has 3 rings (SSSR count). The molecule has 2 aliphatic rings. The molecule has 3 amide bonds. The van der Waals surface area contributed by atoms with E-state index in [9.17, 15) is 9.59 Å². The van der Waals surface area contributed by atoms with E-state index in [1.54, 1.807) is 24.3 Å². The Morgan fingerprint density at radius 1 is 1.00 bits per heavy atom. The number of hydrogen-bond acceptors (Lipinski definition) is 4. The molecule has 27 heavy (non-hydrogen) atoms. The third-order valence-corrected chi connectivity index (χ3v) is 4.89. The highest BCUT2D eigenvalue weighted by Crippen LogP contribution is 2.22. The molecule has 1 aromatic carbocycles. The smallest absolute Gasteiger partial charge is 0.412 e. The van der Waals surface area contributed by atoms with E-state index in [0.717, 1.165) is 32.6 Å². The molecule has 0 aromatic heterocycles. The molecule has 0 bridgehead atoms. The van der Waals surface area contributed by atoms with Gasteiger partial charge in [-0.15, -0.1) is 0 Å². The first-order valence-corrected chi connectivity index (χ1v) is 9.70. The highest BCUT2D eigenvalue weighted by atomic mass is 16.6. The molecule has 2 aliphatic heterocycles. The molecular weight excluding hydrogens is 344 g/mol. The Kier molecular flexibility index (Phi) is 5.89. The Bertz CT molecular complexity index is 663. The van der Waals surface area contributed by atoms with Crippen molar-refractivity contribution in [2.75, 3.05) is 36.8 Å². The fraction of sp³-hybridized carbons (Fsp3) is 0.600. The molecule has 0 saturated carbocycles. The van der Waals surface area contributed by atoms with Crippen LogP contribution >= 0.6 is 0 Å². The summed E-state index contributed by atoms with van der Waals surface area (Å²) in [7, 11) is 0. The predicted molar refractivity (Wildman–Crippen MR) is 106 cm³/mol. The number of nitrogens with one attached hydrogen (secondary N) is 2. The Morgan fingerprint density at radius 2 is 1.59 bits per heavy atom. The molecule has 2 fully saturated rings. The summed E-state index contributed by atoms with van der Waals surface area (Å²) in [5, 5.41) is 5.62. The van der Waals surface area contributed by atoms with Gasteiger partial charge in [0, 0.05) is 30.5 Å². The maximum absolute atomic E-state index is 12.5. The monoisotopic (exact) mass is 374 g/mol. The van der Waals surface area contributed by atoms with Gasteiger partial charge in [0.05, 0.1) is 0 Å². The van der Waals surface area contributed by atoms with Crippen LogP contribution in [0, 0.1) is 0 Å². The largest absolute Gasteiger partial charge is 0.444 e. The second-order valence-corrected chi connectivity index (χ2v) is 8.27. The molecule has 2 N–H and O–H groups in total. The molecule has 2 saturated heterocycles. The third-order valence-electron chi connectivity index (χ3n) is 4.89. The molecule has 0 aliphatic carbocycles. The van der Waals surface area contributed by atoms with Crippen LogP contribution in [0.4, 0.5) is 21.0 Å². The minimum Gasteiger partial charge on any atom is -0.444 e. The van der Waals surface area contributed by atoms with Crippen LogP contribution in [0.3, 0.4) is 0 Å². The number of urea groups is 1. The van der Waals surface area contributed by atoms with Crippen molar-refractivity contribution in [3.63, 3.8) is 0 Å². The second kappa shape index (κ2) is 8.17. The minimum absolute atomic E-state index is 0.0652. The zero-order valence-corrected chi connectivity index (χ0v) is 16.5. The van der Waals surface area contributed by atoms with Crippen LogP contribution in [0.2, 0.25) is 0 Å². The van der Waals surface area contributed by atoms with E-state index in [1.165, 1.54) is 12.8 Å². The summed E-state index contributed by atoms with van der Waals surface area (Å²) in [4.78, 5) is 28.7. The number of anilines is 2. The first-order valence-electron chi connectivity index (χ1n) is 9.70. The zero-order chi connectivity index (χ0) is 19.4. The standard InChI is InChI=1S/C20H30N4O3/c1-20(2,3)27-19(26)22-16-8-6-15(7-9-16)21-18(25)24-13-10-17(14-24)23-11-4-5-12-23/h6-9,17H,4-5,10-14H2,1-3H3,(H,21,25)(H,22,26). The zero-order valence-electron chi connectivity index (χ0n) is 16.5. The first-order chi connectivity index (χ1) is 12.8. The Hall–Kier alpha value is -2.28. The molecule has 1 unspecified atom stereocenters. The highest BCUT2D eigenvalue weighted by molar-refractivity contribution is 5.90. The predicted octanol–water partition coefficient (Wildman–Crippen LogP) is 3.74. The molecule has 1 aromatic rings. The van der Waals surface area contributed by atoms with Crippen molar-refractivity contribution in [3.05, 3.63) is 24.3 Å². The van der Waals surface area contributed by atoms with Crippen LogP contribution in [0.5, 0.6) is 0 Å². The lowest BCUT2D eigenvalue weighted by atomic mass is 10.2. The van der Waals surface area contributed by atoms with Crippen molar-refractivity contribution in [2.45, 2.75) is 51.7 Å². The summed E-state index contributed by atoms with van der Waals surface area (Å²) < 4.78 is 5.23. The summed E-state index contributed by atoms with van der Waals surface area (Å²) in [6, 6.07) is 7.48. The van der Waals surface area contributed by atoms with E-state index in [2.05, 4.69) is 15.5 Å². The van der Waals surface area contributed by atoms with Crippen molar-refractivity contribution >= 4 is 23.5 Å². The van der Waals surface area contributed by atoms with Crippen molar-refractivity contribution < 1.29 is 14.3 Å². The van der Waals surface area contributed by atoms with Gasteiger partial charge in [-0.25, -0.2) is 9.59 Å². The number of carbonyl (C=O) groups excluding carboxylic acids is 2. The lowest BCUT2D eigenvalue weighted by Gasteiger charge is -2.23. The normalized spacial score (nSPS) is 20.6. The molecule has 0 radical (unpaired) electrons. The summed E-state index contributed by atoms with van der Waals surface area (Å²) in [6.07, 6.45) is 3.09. The Labute approximate surface area is 161 Å². The van der Waals surface area contributed by atoms with Gasteiger partial charge in [0.25, 0.3) is 0 Å². The maximum Gasteiger partial charge on any atom is 0.412 e. The van der Waals surface area contributed by atoms with Crippen molar-refractivity contribution in [1.29, 1.82) is 0 Å². The van der Waals surface area contributed by atoms with Crippen LogP contribution in [-0.2, 0) is 4.74 Å². The fourth-order valence-corrected chi connectivity index (χ4v) is 3.59. The van der Waals surface area contributed by atoms with Crippen molar-refractivity contribution in [2.24, 2.45) is 0 Å². The van der Waals surface area contributed by atoms with Gasteiger partial charge in [-0.2, -0.15) is 0 Å². The molecule has 0 spiro atoms. The summed E-state index contributed by atoms with van der Waals surface area (Å²) in [5.41, 5.74) is 0.789. The second-order valence-electron chi connectivity index (χ2n) is 8.27. The maximum atomic E-state index is 12.5. The Balaban J connectivity index is 1.48. The van der Waals surface area contributed by atoms with Gasteiger partial charge in [0.1, 0.15) is 5.60 Å². The lowest BCUT2D eigenvalue weighted by molar-refractivity contribution is 0.0636. The molecule has 1 atom stereocenters. The van der Waals surface area contributed by atoms with E-state index in [4.69, 9.17) is 4.74 Å². The molecule has 7 nitrogen and oxygen atoms in total. The Morgan fingerprint density at radius 3 is 2.19 bits per heavy atom. The van der Waals surface area contributed by atoms with Crippen LogP contribution < -0.4 is 10.6 Å². The fourth-order valence-electron chi connectivity index (χ4n) is 3.59. The van der Waals surface area contributed by atoms with Gasteiger partial charge in [-0.3, -0.25) is 10.2 Å². The van der Waals surface area contributed by atoms with Gasteiger partial charge in [0.15, 0.2) is 0 Å². The summed E-state index contributed by atoms with van der Waals surface area (Å²) in [5.74, 6) is 0. The molecule has 2 heterocycles. The summed E-state index contributed by atoms with van der Waals surface area (Å²) in [6.45, 7) is 9.36. The van der Waals surface area contributed by atoms with E-state index < -0.39 is 11.7 Å². The average molecular weight is 374 g/mol. The first kappa shape index (κ1) is 19.5. The molecule has 148 valence electrons.